The molecule has 1 aromatic heterocycles. The van der Waals surface area contributed by atoms with Gasteiger partial charge in [0.05, 0.1) is 5.01 Å². The molecule has 2 rings (SSSR count). The third-order valence-corrected chi connectivity index (χ3v) is 4.11. The Labute approximate surface area is 119 Å². The third-order valence-electron chi connectivity index (χ3n) is 3.09. The molecule has 0 saturated carbocycles. The van der Waals surface area contributed by atoms with E-state index in [0.29, 0.717) is 0 Å². The van der Waals surface area contributed by atoms with Crippen LogP contribution in [0.2, 0.25) is 0 Å². The Kier molecular flexibility index (Phi) is 4.25. The van der Waals surface area contributed by atoms with Crippen molar-refractivity contribution in [3.63, 3.8) is 0 Å². The van der Waals surface area contributed by atoms with E-state index in [-0.39, 0.29) is 5.41 Å². The number of hydrogen-bond acceptors (Lipinski definition) is 3. The predicted molar refractivity (Wildman–Crippen MR) is 84.2 cm³/mol. The fourth-order valence-corrected chi connectivity index (χ4v) is 2.70. The molecule has 1 N–H and O–H groups in total. The highest BCUT2D eigenvalue weighted by Crippen LogP contribution is 2.23. The fourth-order valence-electron chi connectivity index (χ4n) is 1.92. The summed E-state index contributed by atoms with van der Waals surface area (Å²) in [5, 5.41) is 6.76. The van der Waals surface area contributed by atoms with Crippen LogP contribution < -0.4 is 5.32 Å². The Balaban J connectivity index is 1.86. The minimum absolute atomic E-state index is 0.219. The molecule has 0 saturated heterocycles. The van der Waals surface area contributed by atoms with Crippen molar-refractivity contribution in [1.29, 1.82) is 0 Å². The fraction of sp³-hybridized carbons (Fsp3) is 0.438. The second-order valence-electron chi connectivity index (χ2n) is 5.89. The van der Waals surface area contributed by atoms with Crippen molar-refractivity contribution in [3.05, 3.63) is 45.9 Å². The molecule has 0 atom stereocenters. The summed E-state index contributed by atoms with van der Waals surface area (Å²) in [5.74, 6) is 0. The maximum absolute atomic E-state index is 4.47. The first-order valence-corrected chi connectivity index (χ1v) is 7.58. The molecule has 0 fully saturated rings. The number of hydrogen-bond donors (Lipinski definition) is 1. The van der Waals surface area contributed by atoms with E-state index in [2.05, 4.69) is 60.7 Å². The van der Waals surface area contributed by atoms with E-state index in [9.17, 15) is 0 Å². The summed E-state index contributed by atoms with van der Waals surface area (Å²) in [6, 6.07) is 8.73. The molecule has 1 aromatic carbocycles. The van der Waals surface area contributed by atoms with Crippen LogP contribution in [0, 0.1) is 6.92 Å². The van der Waals surface area contributed by atoms with Gasteiger partial charge in [-0.3, -0.25) is 0 Å². The van der Waals surface area contributed by atoms with Gasteiger partial charge in [-0.1, -0.05) is 32.9 Å². The van der Waals surface area contributed by atoms with E-state index in [1.807, 2.05) is 6.92 Å². The molecule has 0 radical (unpaired) electrons. The average molecular weight is 274 g/mol. The van der Waals surface area contributed by atoms with Crippen molar-refractivity contribution in [2.24, 2.45) is 0 Å². The molecule has 2 nitrogen and oxygen atoms in total. The molecule has 3 heteroatoms. The summed E-state index contributed by atoms with van der Waals surface area (Å²) >= 11 is 1.74. The van der Waals surface area contributed by atoms with Gasteiger partial charge in [0, 0.05) is 29.7 Å². The lowest BCUT2D eigenvalue weighted by Crippen LogP contribution is -2.11. The van der Waals surface area contributed by atoms with Crippen molar-refractivity contribution in [2.75, 3.05) is 11.9 Å². The average Bonchev–Trinajstić information content (AvgIpc) is 2.75. The van der Waals surface area contributed by atoms with Crippen molar-refractivity contribution in [2.45, 2.75) is 39.5 Å². The second kappa shape index (κ2) is 5.74. The highest BCUT2D eigenvalue weighted by atomic mass is 32.1. The first kappa shape index (κ1) is 14.1. The SMILES string of the molecule is Cc1csc(CCNc2ccc(C(C)(C)C)cc2)n1. The molecule has 19 heavy (non-hydrogen) atoms. The van der Waals surface area contributed by atoms with Gasteiger partial charge >= 0.3 is 0 Å². The number of benzene rings is 1. The molecule has 0 aliphatic rings. The lowest BCUT2D eigenvalue weighted by Gasteiger charge is -2.19. The normalized spacial score (nSPS) is 11.6. The summed E-state index contributed by atoms with van der Waals surface area (Å²) in [6.07, 6.45) is 0.986. The van der Waals surface area contributed by atoms with Crippen LogP contribution in [0.1, 0.15) is 37.0 Å². The number of rotatable bonds is 4. The van der Waals surface area contributed by atoms with Gasteiger partial charge in [0.15, 0.2) is 0 Å². The van der Waals surface area contributed by atoms with Gasteiger partial charge in [-0.2, -0.15) is 0 Å². The minimum atomic E-state index is 0.219. The monoisotopic (exact) mass is 274 g/mol. The van der Waals surface area contributed by atoms with Crippen molar-refractivity contribution < 1.29 is 0 Å². The number of aromatic nitrogens is 1. The molecule has 0 unspecified atom stereocenters. The van der Waals surface area contributed by atoms with Crippen LogP contribution in [0.15, 0.2) is 29.6 Å². The highest BCUT2D eigenvalue weighted by molar-refractivity contribution is 7.09. The summed E-state index contributed by atoms with van der Waals surface area (Å²) in [7, 11) is 0. The molecule has 0 aliphatic heterocycles. The number of thiazole rings is 1. The van der Waals surface area contributed by atoms with Crippen molar-refractivity contribution >= 4 is 17.0 Å². The highest BCUT2D eigenvalue weighted by Gasteiger charge is 2.12. The van der Waals surface area contributed by atoms with Gasteiger partial charge in [0.1, 0.15) is 0 Å². The van der Waals surface area contributed by atoms with E-state index in [1.165, 1.54) is 16.3 Å². The Hall–Kier alpha value is -1.35. The van der Waals surface area contributed by atoms with Crippen LogP contribution in [0.4, 0.5) is 5.69 Å². The van der Waals surface area contributed by atoms with Gasteiger partial charge in [0.25, 0.3) is 0 Å². The Morgan fingerprint density at radius 3 is 2.37 bits per heavy atom. The molecular formula is C16H22N2S. The van der Waals surface area contributed by atoms with Crippen LogP contribution in [-0.4, -0.2) is 11.5 Å². The quantitative estimate of drug-likeness (QED) is 0.893. The Morgan fingerprint density at radius 1 is 1.16 bits per heavy atom. The third kappa shape index (κ3) is 4.06. The van der Waals surface area contributed by atoms with Gasteiger partial charge in [-0.25, -0.2) is 4.98 Å². The van der Waals surface area contributed by atoms with Crippen LogP contribution in [0.3, 0.4) is 0 Å². The zero-order valence-corrected chi connectivity index (χ0v) is 13.0. The van der Waals surface area contributed by atoms with Gasteiger partial charge in [-0.05, 0) is 30.0 Å². The summed E-state index contributed by atoms with van der Waals surface area (Å²) in [6.45, 7) is 9.68. The van der Waals surface area contributed by atoms with E-state index >= 15 is 0 Å². The summed E-state index contributed by atoms with van der Waals surface area (Å²) < 4.78 is 0. The molecule has 102 valence electrons. The number of anilines is 1. The topological polar surface area (TPSA) is 24.9 Å². The molecule has 2 aromatic rings. The van der Waals surface area contributed by atoms with Gasteiger partial charge in [0.2, 0.25) is 0 Å². The summed E-state index contributed by atoms with van der Waals surface area (Å²) in [4.78, 5) is 4.47. The van der Waals surface area contributed by atoms with Crippen LogP contribution in [-0.2, 0) is 11.8 Å². The van der Waals surface area contributed by atoms with E-state index < -0.39 is 0 Å². The Bertz CT molecular complexity index is 520. The molecule has 0 bridgehead atoms. The van der Waals surface area contributed by atoms with E-state index in [4.69, 9.17) is 0 Å². The number of nitrogens with zero attached hydrogens (tertiary/aromatic N) is 1. The zero-order valence-electron chi connectivity index (χ0n) is 12.2. The smallest absolute Gasteiger partial charge is 0.0945 e. The zero-order chi connectivity index (χ0) is 13.9. The second-order valence-corrected chi connectivity index (χ2v) is 6.83. The van der Waals surface area contributed by atoms with E-state index in [1.54, 1.807) is 11.3 Å². The lowest BCUT2D eigenvalue weighted by molar-refractivity contribution is 0.590. The van der Waals surface area contributed by atoms with Crippen molar-refractivity contribution in [3.8, 4) is 0 Å². The predicted octanol–water partition coefficient (Wildman–Crippen LogP) is 4.40. The molecule has 0 amide bonds. The number of nitrogens with one attached hydrogen (secondary N) is 1. The summed E-state index contributed by atoms with van der Waals surface area (Å²) in [5.41, 5.74) is 3.89. The lowest BCUT2D eigenvalue weighted by atomic mass is 9.87. The molecule has 0 aliphatic carbocycles. The van der Waals surface area contributed by atoms with Crippen LogP contribution in [0.5, 0.6) is 0 Å². The van der Waals surface area contributed by atoms with Crippen molar-refractivity contribution in [1.82, 2.24) is 4.98 Å². The van der Waals surface area contributed by atoms with Gasteiger partial charge in [-0.15, -0.1) is 11.3 Å². The van der Waals surface area contributed by atoms with Gasteiger partial charge < -0.3 is 5.32 Å². The largest absolute Gasteiger partial charge is 0.385 e. The Morgan fingerprint density at radius 2 is 1.84 bits per heavy atom. The molecular weight excluding hydrogens is 252 g/mol. The van der Waals surface area contributed by atoms with Crippen LogP contribution in [0.25, 0.3) is 0 Å². The molecule has 0 spiro atoms. The molecule has 1 heterocycles. The maximum Gasteiger partial charge on any atom is 0.0945 e. The maximum atomic E-state index is 4.47. The standard InChI is InChI=1S/C16H22N2S/c1-12-11-19-15(18-12)9-10-17-14-7-5-13(6-8-14)16(2,3)4/h5-8,11,17H,9-10H2,1-4H3. The first-order valence-electron chi connectivity index (χ1n) is 6.70. The van der Waals surface area contributed by atoms with E-state index in [0.717, 1.165) is 18.7 Å². The number of aryl methyl sites for hydroxylation is 1. The first-order chi connectivity index (χ1) is 8.95. The van der Waals surface area contributed by atoms with Crippen LogP contribution >= 0.6 is 11.3 Å². The minimum Gasteiger partial charge on any atom is -0.385 e.